The van der Waals surface area contributed by atoms with E-state index < -0.39 is 0 Å². The zero-order chi connectivity index (χ0) is 13.7. The van der Waals surface area contributed by atoms with E-state index >= 15 is 0 Å². The molecular weight excluding hydrogens is 250 g/mol. The van der Waals surface area contributed by atoms with Crippen LogP contribution in [-0.4, -0.2) is 24.0 Å². The number of nitrogens with zero attached hydrogens (tertiary/aromatic N) is 1. The van der Waals surface area contributed by atoms with Gasteiger partial charge in [-0.05, 0) is 61.9 Å². The molecule has 1 aromatic rings. The fraction of sp³-hybridized carbons (Fsp3) is 0.647. The fourth-order valence-electron chi connectivity index (χ4n) is 3.36. The first-order valence-corrected chi connectivity index (χ1v) is 8.37. The van der Waals surface area contributed by atoms with Gasteiger partial charge < -0.3 is 4.90 Å². The molecule has 0 saturated carbocycles. The second kappa shape index (κ2) is 7.35. The minimum Gasteiger partial charge on any atom is -0.300 e. The van der Waals surface area contributed by atoms with Crippen LogP contribution in [0.4, 0.5) is 0 Å². The molecular formula is C17H27NS. The van der Waals surface area contributed by atoms with Crippen LogP contribution in [0.2, 0.25) is 0 Å². The molecule has 0 unspecified atom stereocenters. The minimum absolute atomic E-state index is 0.744. The molecule has 0 heterocycles. The van der Waals surface area contributed by atoms with Gasteiger partial charge >= 0.3 is 0 Å². The molecule has 2 heteroatoms. The molecule has 1 aromatic carbocycles. The molecule has 0 aromatic heterocycles. The third kappa shape index (κ3) is 3.55. The van der Waals surface area contributed by atoms with Crippen molar-refractivity contribution in [3.63, 3.8) is 0 Å². The summed E-state index contributed by atoms with van der Waals surface area (Å²) in [6, 6.07) is 7.50. The second-order valence-corrected chi connectivity index (χ2v) is 5.96. The minimum atomic E-state index is 0.744. The summed E-state index contributed by atoms with van der Waals surface area (Å²) in [4.78, 5) is 2.71. The van der Waals surface area contributed by atoms with E-state index in [2.05, 4.69) is 49.6 Å². The van der Waals surface area contributed by atoms with E-state index in [1.807, 2.05) is 0 Å². The van der Waals surface area contributed by atoms with E-state index in [4.69, 9.17) is 0 Å². The summed E-state index contributed by atoms with van der Waals surface area (Å²) >= 11 is 4.49. The normalized spacial score (nSPS) is 18.6. The molecule has 106 valence electrons. The predicted octanol–water partition coefficient (Wildman–Crippen LogP) is 4.10. The number of fused-ring (bicyclic) bond motifs is 1. The molecule has 0 amide bonds. The van der Waals surface area contributed by atoms with Gasteiger partial charge in [0.25, 0.3) is 0 Å². The predicted molar refractivity (Wildman–Crippen MR) is 87.1 cm³/mol. The monoisotopic (exact) mass is 277 g/mol. The van der Waals surface area contributed by atoms with Crippen LogP contribution in [0.15, 0.2) is 18.2 Å². The van der Waals surface area contributed by atoms with E-state index in [1.54, 1.807) is 11.1 Å². The van der Waals surface area contributed by atoms with Gasteiger partial charge in [0.15, 0.2) is 0 Å². The van der Waals surface area contributed by atoms with Crippen LogP contribution in [0.5, 0.6) is 0 Å². The standard InChI is InChI=1S/C17H27NS/c1-3-10-18(11-4-2)16-9-8-14-6-5-7-15(13-19)17(14)12-16/h5-7,16,19H,3-4,8-13H2,1-2H3/t16-/m0/s1. The molecule has 19 heavy (non-hydrogen) atoms. The first-order valence-electron chi connectivity index (χ1n) is 7.74. The summed E-state index contributed by atoms with van der Waals surface area (Å²) in [5.74, 6) is 0.872. The van der Waals surface area contributed by atoms with E-state index in [9.17, 15) is 0 Å². The van der Waals surface area contributed by atoms with Crippen molar-refractivity contribution in [1.82, 2.24) is 4.90 Å². The quantitative estimate of drug-likeness (QED) is 0.766. The zero-order valence-electron chi connectivity index (χ0n) is 12.4. The van der Waals surface area contributed by atoms with Crippen LogP contribution >= 0.6 is 12.6 Å². The summed E-state index contributed by atoms with van der Waals surface area (Å²) in [5.41, 5.74) is 4.60. The Morgan fingerprint density at radius 3 is 2.58 bits per heavy atom. The van der Waals surface area contributed by atoms with Gasteiger partial charge in [0.1, 0.15) is 0 Å². The number of thiol groups is 1. The Morgan fingerprint density at radius 2 is 1.95 bits per heavy atom. The molecule has 1 atom stereocenters. The van der Waals surface area contributed by atoms with E-state index in [0.29, 0.717) is 0 Å². The molecule has 0 aliphatic heterocycles. The Morgan fingerprint density at radius 1 is 1.21 bits per heavy atom. The Bertz CT molecular complexity index is 382. The molecule has 1 aliphatic carbocycles. The van der Waals surface area contributed by atoms with Crippen molar-refractivity contribution in [2.75, 3.05) is 13.1 Å². The molecule has 0 fully saturated rings. The third-order valence-corrected chi connectivity index (χ3v) is 4.61. The van der Waals surface area contributed by atoms with E-state index in [0.717, 1.165) is 11.8 Å². The maximum atomic E-state index is 4.49. The molecule has 0 N–H and O–H groups in total. The van der Waals surface area contributed by atoms with E-state index in [1.165, 1.54) is 50.8 Å². The molecule has 1 nitrogen and oxygen atoms in total. The maximum Gasteiger partial charge on any atom is 0.0157 e. The Labute approximate surface area is 123 Å². The molecule has 0 bridgehead atoms. The van der Waals surface area contributed by atoms with Crippen LogP contribution in [0.3, 0.4) is 0 Å². The van der Waals surface area contributed by atoms with Gasteiger partial charge in [0, 0.05) is 11.8 Å². The average molecular weight is 277 g/mol. The number of rotatable bonds is 6. The third-order valence-electron chi connectivity index (χ3n) is 4.27. The molecule has 2 rings (SSSR count). The molecule has 0 saturated heterocycles. The van der Waals surface area contributed by atoms with Crippen LogP contribution in [0.1, 0.15) is 49.8 Å². The first-order chi connectivity index (χ1) is 9.30. The molecule has 1 aliphatic rings. The average Bonchev–Trinajstić information content (AvgIpc) is 2.46. The van der Waals surface area contributed by atoms with Crippen LogP contribution < -0.4 is 0 Å². The summed E-state index contributed by atoms with van der Waals surface area (Å²) in [6.07, 6.45) is 6.32. The lowest BCUT2D eigenvalue weighted by atomic mass is 9.85. The first kappa shape index (κ1) is 14.9. The van der Waals surface area contributed by atoms with Crippen molar-refractivity contribution >= 4 is 12.6 Å². The van der Waals surface area contributed by atoms with Crippen molar-refractivity contribution in [3.05, 3.63) is 34.9 Å². The Kier molecular flexibility index (Phi) is 5.77. The van der Waals surface area contributed by atoms with Crippen LogP contribution in [-0.2, 0) is 18.6 Å². The van der Waals surface area contributed by atoms with Gasteiger partial charge in [0.05, 0.1) is 0 Å². The van der Waals surface area contributed by atoms with Crippen molar-refractivity contribution in [2.24, 2.45) is 0 Å². The van der Waals surface area contributed by atoms with Gasteiger partial charge in [-0.1, -0.05) is 32.0 Å². The Balaban J connectivity index is 2.15. The lowest BCUT2D eigenvalue weighted by Crippen LogP contribution is -2.40. The van der Waals surface area contributed by atoms with Crippen molar-refractivity contribution in [1.29, 1.82) is 0 Å². The second-order valence-electron chi connectivity index (χ2n) is 5.65. The largest absolute Gasteiger partial charge is 0.300 e. The maximum absolute atomic E-state index is 4.49. The van der Waals surface area contributed by atoms with Crippen molar-refractivity contribution in [2.45, 2.75) is 57.7 Å². The van der Waals surface area contributed by atoms with E-state index in [-0.39, 0.29) is 0 Å². The zero-order valence-corrected chi connectivity index (χ0v) is 13.3. The highest BCUT2D eigenvalue weighted by atomic mass is 32.1. The topological polar surface area (TPSA) is 3.24 Å². The summed E-state index contributed by atoms with van der Waals surface area (Å²) in [6.45, 7) is 7.07. The summed E-state index contributed by atoms with van der Waals surface area (Å²) < 4.78 is 0. The SMILES string of the molecule is CCCN(CCC)[C@H]1CCc2cccc(CS)c2C1. The Hall–Kier alpha value is -0.470. The molecule has 0 spiro atoms. The van der Waals surface area contributed by atoms with Gasteiger partial charge in [-0.3, -0.25) is 0 Å². The highest BCUT2D eigenvalue weighted by Gasteiger charge is 2.24. The highest BCUT2D eigenvalue weighted by Crippen LogP contribution is 2.28. The number of benzene rings is 1. The van der Waals surface area contributed by atoms with Gasteiger partial charge in [-0.2, -0.15) is 12.6 Å². The number of aryl methyl sites for hydroxylation is 1. The lowest BCUT2D eigenvalue weighted by Gasteiger charge is -2.35. The molecule has 0 radical (unpaired) electrons. The number of hydrogen-bond donors (Lipinski definition) is 1. The van der Waals surface area contributed by atoms with Gasteiger partial charge in [-0.15, -0.1) is 0 Å². The summed E-state index contributed by atoms with van der Waals surface area (Å²) in [5, 5.41) is 0. The van der Waals surface area contributed by atoms with Gasteiger partial charge in [-0.25, -0.2) is 0 Å². The lowest BCUT2D eigenvalue weighted by molar-refractivity contribution is 0.180. The van der Waals surface area contributed by atoms with Crippen molar-refractivity contribution in [3.8, 4) is 0 Å². The van der Waals surface area contributed by atoms with Gasteiger partial charge in [0.2, 0.25) is 0 Å². The highest BCUT2D eigenvalue weighted by molar-refractivity contribution is 7.79. The summed E-state index contributed by atoms with van der Waals surface area (Å²) in [7, 11) is 0. The van der Waals surface area contributed by atoms with Crippen LogP contribution in [0, 0.1) is 0 Å². The smallest absolute Gasteiger partial charge is 0.0157 e. The van der Waals surface area contributed by atoms with Crippen LogP contribution in [0.25, 0.3) is 0 Å². The van der Waals surface area contributed by atoms with Crippen molar-refractivity contribution < 1.29 is 0 Å². The fourth-order valence-corrected chi connectivity index (χ4v) is 3.65. The number of hydrogen-bond acceptors (Lipinski definition) is 2.